The van der Waals surface area contributed by atoms with Crippen molar-refractivity contribution in [2.24, 2.45) is 9.98 Å². The van der Waals surface area contributed by atoms with Gasteiger partial charge in [-0.1, -0.05) is 36.5 Å². The summed E-state index contributed by atoms with van der Waals surface area (Å²) in [6, 6.07) is 3.88. The molecule has 0 saturated heterocycles. The molecule has 1 atom stereocenters. The van der Waals surface area contributed by atoms with Gasteiger partial charge < -0.3 is 5.32 Å². The van der Waals surface area contributed by atoms with E-state index in [2.05, 4.69) is 33.5 Å². The molecular formula is C21H22N4. The number of aliphatic imine (C=N–C) groups is 2. The summed E-state index contributed by atoms with van der Waals surface area (Å²) in [7, 11) is 0. The number of hydrogen-bond donors (Lipinski definition) is 1. The fourth-order valence-electron chi connectivity index (χ4n) is 2.71. The molecule has 4 heteroatoms. The lowest BCUT2D eigenvalue weighted by molar-refractivity contribution is 0.947. The van der Waals surface area contributed by atoms with Gasteiger partial charge in [-0.3, -0.25) is 15.0 Å². The molecule has 1 unspecified atom stereocenters. The van der Waals surface area contributed by atoms with Crippen molar-refractivity contribution in [3.05, 3.63) is 84.0 Å². The zero-order chi connectivity index (χ0) is 17.6. The lowest BCUT2D eigenvalue weighted by Gasteiger charge is -2.24. The molecule has 0 fully saturated rings. The Kier molecular flexibility index (Phi) is 5.19. The van der Waals surface area contributed by atoms with Crippen LogP contribution in [-0.2, 0) is 0 Å². The largest absolute Gasteiger partial charge is 0.355 e. The summed E-state index contributed by atoms with van der Waals surface area (Å²) in [6.45, 7) is 5.98. The van der Waals surface area contributed by atoms with Crippen LogP contribution in [0.25, 0.3) is 0 Å². The molecule has 1 aromatic rings. The van der Waals surface area contributed by atoms with Gasteiger partial charge in [-0.2, -0.15) is 0 Å². The van der Waals surface area contributed by atoms with Crippen LogP contribution in [0.3, 0.4) is 0 Å². The topological polar surface area (TPSA) is 49.6 Å². The SMILES string of the molecule is C/C=C(\N=C(C)C)C1=NC2C=CC=CC=C2C(Nc2ccncc2)=C1. The lowest BCUT2D eigenvalue weighted by Crippen LogP contribution is -2.21. The van der Waals surface area contributed by atoms with Crippen molar-refractivity contribution in [2.45, 2.75) is 26.8 Å². The smallest absolute Gasteiger partial charge is 0.0961 e. The molecule has 0 spiro atoms. The third-order valence-corrected chi connectivity index (χ3v) is 3.82. The first-order chi connectivity index (χ1) is 12.2. The fourth-order valence-corrected chi connectivity index (χ4v) is 2.71. The van der Waals surface area contributed by atoms with Gasteiger partial charge in [0.25, 0.3) is 0 Å². The highest BCUT2D eigenvalue weighted by molar-refractivity contribution is 6.11. The number of anilines is 1. The standard InChI is InChI=1S/C21H22N4/c1-4-18(23-15(2)3)21-14-20(24-16-10-12-22-13-11-16)17-8-6-5-7-9-19(17)25-21/h4-14,19H,1-3H3,(H,22,24)/b18-4-. The maximum atomic E-state index is 4.90. The summed E-state index contributed by atoms with van der Waals surface area (Å²) in [6.07, 6.45) is 17.9. The van der Waals surface area contributed by atoms with Crippen molar-refractivity contribution >= 4 is 17.1 Å². The van der Waals surface area contributed by atoms with E-state index in [0.717, 1.165) is 34.1 Å². The molecule has 0 bridgehead atoms. The summed E-state index contributed by atoms with van der Waals surface area (Å²) in [5.74, 6) is 0. The quantitative estimate of drug-likeness (QED) is 0.818. The van der Waals surface area contributed by atoms with Crippen LogP contribution < -0.4 is 5.32 Å². The van der Waals surface area contributed by atoms with Crippen molar-refractivity contribution in [3.8, 4) is 0 Å². The van der Waals surface area contributed by atoms with Crippen LogP contribution in [-0.4, -0.2) is 22.4 Å². The van der Waals surface area contributed by atoms with Gasteiger partial charge in [-0.15, -0.1) is 0 Å². The minimum atomic E-state index is -0.0263. The molecule has 1 aliphatic carbocycles. The van der Waals surface area contributed by atoms with E-state index in [-0.39, 0.29) is 6.04 Å². The van der Waals surface area contributed by atoms with E-state index in [1.165, 1.54) is 0 Å². The summed E-state index contributed by atoms with van der Waals surface area (Å²) in [4.78, 5) is 13.6. The van der Waals surface area contributed by atoms with Crippen LogP contribution in [0.15, 0.2) is 94.0 Å². The highest BCUT2D eigenvalue weighted by atomic mass is 14.9. The van der Waals surface area contributed by atoms with Gasteiger partial charge in [0.1, 0.15) is 0 Å². The number of pyridine rings is 1. The average molecular weight is 330 g/mol. The first kappa shape index (κ1) is 16.8. The normalized spacial score (nSPS) is 19.2. The number of nitrogens with zero attached hydrogens (tertiary/aromatic N) is 3. The zero-order valence-corrected chi connectivity index (χ0v) is 14.8. The number of fused-ring (bicyclic) bond motifs is 1. The van der Waals surface area contributed by atoms with Gasteiger partial charge in [-0.05, 0) is 39.0 Å². The molecule has 1 N–H and O–H groups in total. The summed E-state index contributed by atoms with van der Waals surface area (Å²) < 4.78 is 0. The van der Waals surface area contributed by atoms with Crippen molar-refractivity contribution in [3.63, 3.8) is 0 Å². The summed E-state index contributed by atoms with van der Waals surface area (Å²) in [5, 5.41) is 3.50. The molecule has 126 valence electrons. The third-order valence-electron chi connectivity index (χ3n) is 3.82. The number of dihydropyridines is 1. The number of aromatic nitrogens is 1. The maximum absolute atomic E-state index is 4.90. The molecule has 2 heterocycles. The molecule has 3 rings (SSSR count). The molecule has 0 saturated carbocycles. The molecular weight excluding hydrogens is 308 g/mol. The van der Waals surface area contributed by atoms with Crippen molar-refractivity contribution < 1.29 is 0 Å². The molecule has 1 aliphatic heterocycles. The van der Waals surface area contributed by atoms with E-state index in [9.17, 15) is 0 Å². The number of nitrogens with one attached hydrogen (secondary N) is 1. The molecule has 0 radical (unpaired) electrons. The average Bonchev–Trinajstić information content (AvgIpc) is 2.86. The van der Waals surface area contributed by atoms with Crippen LogP contribution in [0.5, 0.6) is 0 Å². The second-order valence-corrected chi connectivity index (χ2v) is 6.00. The van der Waals surface area contributed by atoms with Crippen LogP contribution >= 0.6 is 0 Å². The minimum absolute atomic E-state index is 0.0263. The van der Waals surface area contributed by atoms with E-state index in [1.54, 1.807) is 12.4 Å². The van der Waals surface area contributed by atoms with E-state index in [4.69, 9.17) is 4.99 Å². The predicted molar refractivity (Wildman–Crippen MR) is 106 cm³/mol. The van der Waals surface area contributed by atoms with Crippen LogP contribution in [0.2, 0.25) is 0 Å². The summed E-state index contributed by atoms with van der Waals surface area (Å²) >= 11 is 0. The van der Waals surface area contributed by atoms with Crippen molar-refractivity contribution in [2.75, 3.05) is 5.32 Å². The third kappa shape index (κ3) is 4.10. The van der Waals surface area contributed by atoms with Crippen molar-refractivity contribution in [1.82, 2.24) is 4.98 Å². The maximum Gasteiger partial charge on any atom is 0.0961 e. The highest BCUT2D eigenvalue weighted by Gasteiger charge is 2.22. The Morgan fingerprint density at radius 3 is 2.68 bits per heavy atom. The Balaban J connectivity index is 2.03. The Morgan fingerprint density at radius 2 is 1.96 bits per heavy atom. The highest BCUT2D eigenvalue weighted by Crippen LogP contribution is 2.28. The second kappa shape index (κ2) is 7.71. The Labute approximate surface area is 148 Å². The van der Waals surface area contributed by atoms with Crippen molar-refractivity contribution in [1.29, 1.82) is 0 Å². The van der Waals surface area contributed by atoms with Gasteiger partial charge in [0, 0.05) is 35.1 Å². The van der Waals surface area contributed by atoms with Crippen LogP contribution in [0, 0.1) is 0 Å². The second-order valence-electron chi connectivity index (χ2n) is 6.00. The van der Waals surface area contributed by atoms with Crippen LogP contribution in [0.4, 0.5) is 5.69 Å². The first-order valence-corrected chi connectivity index (χ1v) is 8.38. The number of hydrogen-bond acceptors (Lipinski definition) is 4. The minimum Gasteiger partial charge on any atom is -0.355 e. The van der Waals surface area contributed by atoms with E-state index in [0.29, 0.717) is 0 Å². The number of allylic oxidation sites excluding steroid dienone is 6. The number of rotatable bonds is 4. The molecule has 4 nitrogen and oxygen atoms in total. The van der Waals surface area contributed by atoms with E-state index < -0.39 is 0 Å². The lowest BCUT2D eigenvalue weighted by atomic mass is 9.97. The van der Waals surface area contributed by atoms with Crippen LogP contribution in [0.1, 0.15) is 20.8 Å². The Morgan fingerprint density at radius 1 is 1.16 bits per heavy atom. The fraction of sp³-hybridized carbons (Fsp3) is 0.190. The van der Waals surface area contributed by atoms with E-state index >= 15 is 0 Å². The molecule has 0 amide bonds. The van der Waals surface area contributed by atoms with Gasteiger partial charge >= 0.3 is 0 Å². The zero-order valence-electron chi connectivity index (χ0n) is 14.8. The molecule has 1 aromatic heterocycles. The first-order valence-electron chi connectivity index (χ1n) is 8.38. The monoisotopic (exact) mass is 330 g/mol. The van der Waals surface area contributed by atoms with Gasteiger partial charge in [0.05, 0.1) is 17.5 Å². The molecule has 2 aliphatic rings. The van der Waals surface area contributed by atoms with E-state index in [1.807, 2.05) is 57.2 Å². The summed E-state index contributed by atoms with van der Waals surface area (Å²) in [5.41, 5.74) is 5.94. The molecule has 0 aromatic carbocycles. The predicted octanol–water partition coefficient (Wildman–Crippen LogP) is 4.64. The Bertz CT molecular complexity index is 845. The van der Waals surface area contributed by atoms with Gasteiger partial charge in [0.15, 0.2) is 0 Å². The van der Waals surface area contributed by atoms with Gasteiger partial charge in [-0.25, -0.2) is 0 Å². The van der Waals surface area contributed by atoms with Gasteiger partial charge in [0.2, 0.25) is 0 Å². The Hall–Kier alpha value is -3.01. The molecule has 25 heavy (non-hydrogen) atoms.